The van der Waals surface area contributed by atoms with Gasteiger partial charge in [-0.1, -0.05) is 0 Å². The number of ether oxygens (including phenoxy) is 2. The maximum Gasteiger partial charge on any atom is 0.407 e. The Bertz CT molecular complexity index is 753. The molecule has 2 rings (SSSR count). The van der Waals surface area contributed by atoms with Gasteiger partial charge in [0, 0.05) is 30.4 Å². The Morgan fingerprint density at radius 2 is 1.72 bits per heavy atom. The van der Waals surface area contributed by atoms with E-state index in [2.05, 4.69) is 5.32 Å². The average molecular weight is 350 g/mol. The molecule has 0 saturated heterocycles. The lowest BCUT2D eigenvalue weighted by Gasteiger charge is -2.20. The van der Waals surface area contributed by atoms with E-state index in [0.717, 1.165) is 18.2 Å². The van der Waals surface area contributed by atoms with E-state index in [1.807, 2.05) is 0 Å². The standard InChI is InChI=1S/C18H20F2N2O3/c1-18(2,3)25-17(23)22-10-11-6-14(4-5-16(11)21)24-15-8-12(19)7-13(20)9-15/h4-9H,10,21H2,1-3H3,(H,22,23). The van der Waals surface area contributed by atoms with E-state index >= 15 is 0 Å². The second-order valence-electron chi connectivity index (χ2n) is 6.42. The molecule has 7 heteroatoms. The molecule has 3 N–H and O–H groups in total. The SMILES string of the molecule is CC(C)(C)OC(=O)NCc1cc(Oc2cc(F)cc(F)c2)ccc1N. The number of rotatable bonds is 4. The predicted molar refractivity (Wildman–Crippen MR) is 90.4 cm³/mol. The van der Waals surface area contributed by atoms with Crippen LogP contribution in [0, 0.1) is 11.6 Å². The Balaban J connectivity index is 2.08. The van der Waals surface area contributed by atoms with Gasteiger partial charge in [-0.15, -0.1) is 0 Å². The average Bonchev–Trinajstić information content (AvgIpc) is 2.45. The van der Waals surface area contributed by atoms with Gasteiger partial charge in [-0.2, -0.15) is 0 Å². The zero-order valence-electron chi connectivity index (χ0n) is 14.2. The van der Waals surface area contributed by atoms with Crippen molar-refractivity contribution >= 4 is 11.8 Å². The zero-order chi connectivity index (χ0) is 18.6. The van der Waals surface area contributed by atoms with Gasteiger partial charge in [0.25, 0.3) is 0 Å². The first-order valence-corrected chi connectivity index (χ1v) is 7.61. The fourth-order valence-electron chi connectivity index (χ4n) is 2.00. The van der Waals surface area contributed by atoms with E-state index < -0.39 is 23.3 Å². The molecular weight excluding hydrogens is 330 g/mol. The molecule has 0 spiro atoms. The van der Waals surface area contributed by atoms with Gasteiger partial charge in [0.1, 0.15) is 28.7 Å². The number of alkyl carbamates (subject to hydrolysis) is 1. The summed E-state index contributed by atoms with van der Waals surface area (Å²) in [7, 11) is 0. The van der Waals surface area contributed by atoms with Crippen molar-refractivity contribution in [3.63, 3.8) is 0 Å². The summed E-state index contributed by atoms with van der Waals surface area (Å²) in [5.74, 6) is -1.12. The van der Waals surface area contributed by atoms with Gasteiger partial charge in [-0.25, -0.2) is 13.6 Å². The highest BCUT2D eigenvalue weighted by atomic mass is 19.1. The highest BCUT2D eigenvalue weighted by Gasteiger charge is 2.16. The van der Waals surface area contributed by atoms with Crippen molar-refractivity contribution in [2.75, 3.05) is 5.73 Å². The Hall–Kier alpha value is -2.83. The fourth-order valence-corrected chi connectivity index (χ4v) is 2.00. The number of nitrogen functional groups attached to an aromatic ring is 1. The lowest BCUT2D eigenvalue weighted by molar-refractivity contribution is 0.0523. The number of nitrogens with two attached hydrogens (primary N) is 1. The molecule has 1 amide bonds. The maximum absolute atomic E-state index is 13.2. The molecule has 0 saturated carbocycles. The molecule has 0 aromatic heterocycles. The van der Waals surface area contributed by atoms with E-state index in [9.17, 15) is 13.6 Å². The van der Waals surface area contributed by atoms with Crippen LogP contribution in [0.25, 0.3) is 0 Å². The first-order chi connectivity index (χ1) is 11.6. The first-order valence-electron chi connectivity index (χ1n) is 7.61. The number of carbonyl (C=O) groups excluding carboxylic acids is 1. The maximum atomic E-state index is 13.2. The normalized spacial score (nSPS) is 11.1. The lowest BCUT2D eigenvalue weighted by Crippen LogP contribution is -2.32. The quantitative estimate of drug-likeness (QED) is 0.804. The van der Waals surface area contributed by atoms with E-state index in [1.54, 1.807) is 39.0 Å². The van der Waals surface area contributed by atoms with Crippen LogP contribution in [0.15, 0.2) is 36.4 Å². The fraction of sp³-hybridized carbons (Fsp3) is 0.278. The topological polar surface area (TPSA) is 73.6 Å². The van der Waals surface area contributed by atoms with Gasteiger partial charge < -0.3 is 20.5 Å². The van der Waals surface area contributed by atoms with Gasteiger partial charge in [0.2, 0.25) is 0 Å². The van der Waals surface area contributed by atoms with E-state index in [1.165, 1.54) is 0 Å². The molecule has 0 fully saturated rings. The summed E-state index contributed by atoms with van der Waals surface area (Å²) in [5, 5.41) is 2.59. The summed E-state index contributed by atoms with van der Waals surface area (Å²) in [5.41, 5.74) is 6.29. The number of hydrogen-bond donors (Lipinski definition) is 2. The first kappa shape index (κ1) is 18.5. The highest BCUT2D eigenvalue weighted by molar-refractivity contribution is 5.68. The molecule has 0 radical (unpaired) electrons. The van der Waals surface area contributed by atoms with Gasteiger partial charge in [0.15, 0.2) is 0 Å². The van der Waals surface area contributed by atoms with Crippen LogP contribution in [0.4, 0.5) is 19.3 Å². The summed E-state index contributed by atoms with van der Waals surface area (Å²) in [4.78, 5) is 11.7. The minimum atomic E-state index is -0.739. The summed E-state index contributed by atoms with van der Waals surface area (Å²) in [6, 6.07) is 7.61. The van der Waals surface area contributed by atoms with Crippen LogP contribution in [-0.4, -0.2) is 11.7 Å². The number of halogens is 2. The molecule has 0 aliphatic rings. The zero-order valence-corrected chi connectivity index (χ0v) is 14.2. The second kappa shape index (κ2) is 7.38. The summed E-state index contributed by atoms with van der Waals surface area (Å²) in [6.45, 7) is 5.39. The van der Waals surface area contributed by atoms with Crippen LogP contribution in [0.5, 0.6) is 11.5 Å². The molecule has 0 aliphatic heterocycles. The molecule has 2 aromatic rings. The molecule has 0 bridgehead atoms. The van der Waals surface area contributed by atoms with Crippen molar-refractivity contribution in [3.8, 4) is 11.5 Å². The lowest BCUT2D eigenvalue weighted by atomic mass is 10.1. The van der Waals surface area contributed by atoms with Crippen LogP contribution in [0.1, 0.15) is 26.3 Å². The number of carbonyl (C=O) groups is 1. The minimum absolute atomic E-state index is 0.0216. The van der Waals surface area contributed by atoms with Crippen LogP contribution in [0.3, 0.4) is 0 Å². The largest absolute Gasteiger partial charge is 0.457 e. The third-order valence-corrected chi connectivity index (χ3v) is 3.01. The van der Waals surface area contributed by atoms with Gasteiger partial charge >= 0.3 is 6.09 Å². The van der Waals surface area contributed by atoms with Gasteiger partial charge in [-0.05, 0) is 44.5 Å². The Morgan fingerprint density at radius 1 is 1.08 bits per heavy atom. The van der Waals surface area contributed by atoms with Crippen LogP contribution in [0.2, 0.25) is 0 Å². The van der Waals surface area contributed by atoms with Crippen LogP contribution >= 0.6 is 0 Å². The van der Waals surface area contributed by atoms with Crippen molar-refractivity contribution < 1.29 is 23.0 Å². The van der Waals surface area contributed by atoms with Gasteiger partial charge in [-0.3, -0.25) is 0 Å². The summed E-state index contributed by atoms with van der Waals surface area (Å²) >= 11 is 0. The number of nitrogens with one attached hydrogen (secondary N) is 1. The summed E-state index contributed by atoms with van der Waals surface area (Å²) in [6.07, 6.45) is -0.578. The van der Waals surface area contributed by atoms with Gasteiger partial charge in [0.05, 0.1) is 0 Å². The van der Waals surface area contributed by atoms with Crippen LogP contribution < -0.4 is 15.8 Å². The molecule has 2 aromatic carbocycles. The van der Waals surface area contributed by atoms with E-state index in [4.69, 9.17) is 15.2 Å². The monoisotopic (exact) mass is 350 g/mol. The number of amides is 1. The van der Waals surface area contributed by atoms with Crippen molar-refractivity contribution in [1.82, 2.24) is 5.32 Å². The Labute approximate surface area is 144 Å². The molecule has 0 aliphatic carbocycles. The third-order valence-electron chi connectivity index (χ3n) is 3.01. The minimum Gasteiger partial charge on any atom is -0.457 e. The molecule has 25 heavy (non-hydrogen) atoms. The number of benzene rings is 2. The molecule has 5 nitrogen and oxygen atoms in total. The van der Waals surface area contributed by atoms with Crippen molar-refractivity contribution in [3.05, 3.63) is 53.6 Å². The van der Waals surface area contributed by atoms with E-state index in [0.29, 0.717) is 17.0 Å². The number of hydrogen-bond acceptors (Lipinski definition) is 4. The van der Waals surface area contributed by atoms with E-state index in [-0.39, 0.29) is 12.3 Å². The molecular formula is C18H20F2N2O3. The number of anilines is 1. The van der Waals surface area contributed by atoms with Crippen LogP contribution in [-0.2, 0) is 11.3 Å². The molecule has 0 heterocycles. The van der Waals surface area contributed by atoms with Crippen molar-refractivity contribution in [2.45, 2.75) is 32.9 Å². The third kappa shape index (κ3) is 5.95. The Morgan fingerprint density at radius 3 is 2.32 bits per heavy atom. The van der Waals surface area contributed by atoms with Crippen molar-refractivity contribution in [1.29, 1.82) is 0 Å². The highest BCUT2D eigenvalue weighted by Crippen LogP contribution is 2.26. The second-order valence-corrected chi connectivity index (χ2v) is 6.42. The molecule has 0 atom stereocenters. The summed E-state index contributed by atoms with van der Waals surface area (Å²) < 4.78 is 37.0. The predicted octanol–water partition coefficient (Wildman–Crippen LogP) is 4.36. The van der Waals surface area contributed by atoms with Crippen molar-refractivity contribution in [2.24, 2.45) is 0 Å². The smallest absolute Gasteiger partial charge is 0.407 e. The Kier molecular flexibility index (Phi) is 5.46. The molecule has 0 unspecified atom stereocenters. The molecule has 134 valence electrons.